The molecule has 0 fully saturated rings. The summed E-state index contributed by atoms with van der Waals surface area (Å²) in [7, 11) is 0. The second-order valence-corrected chi connectivity index (χ2v) is 5.85. The first-order valence-corrected chi connectivity index (χ1v) is 7.91. The molecule has 0 unspecified atom stereocenters. The fourth-order valence-corrected chi connectivity index (χ4v) is 2.82. The van der Waals surface area contributed by atoms with E-state index in [4.69, 9.17) is 4.74 Å². The van der Waals surface area contributed by atoms with Crippen LogP contribution in [-0.4, -0.2) is 29.9 Å². The van der Waals surface area contributed by atoms with E-state index in [1.165, 1.54) is 11.0 Å². The van der Waals surface area contributed by atoms with Gasteiger partial charge < -0.3 is 4.74 Å². The number of fused-ring (bicyclic) bond motifs is 1. The molecule has 4 nitrogen and oxygen atoms in total. The van der Waals surface area contributed by atoms with E-state index in [0.717, 1.165) is 0 Å². The standard InChI is InChI=1S/C17H13BrFNO3/c18-15-13(19)7-3-8-14(15)23-10-4-9-20-16(21)11-5-1-2-6-12(11)17(20)22/h1-3,5-8H,4,9-10H2. The summed E-state index contributed by atoms with van der Waals surface area (Å²) in [6.45, 7) is 0.536. The Labute approximate surface area is 141 Å². The molecule has 0 radical (unpaired) electrons. The molecule has 118 valence electrons. The molecule has 0 saturated heterocycles. The van der Waals surface area contributed by atoms with Crippen molar-refractivity contribution in [3.8, 4) is 5.75 Å². The SMILES string of the molecule is O=C1c2ccccc2C(=O)N1CCCOc1cccc(F)c1Br. The van der Waals surface area contributed by atoms with Crippen LogP contribution in [0.5, 0.6) is 5.75 Å². The Morgan fingerprint density at radius 1 is 1.00 bits per heavy atom. The van der Waals surface area contributed by atoms with Gasteiger partial charge in [0.2, 0.25) is 0 Å². The molecule has 0 spiro atoms. The number of halogens is 2. The van der Waals surface area contributed by atoms with Gasteiger partial charge in [-0.05, 0) is 46.6 Å². The summed E-state index contributed by atoms with van der Waals surface area (Å²) in [4.78, 5) is 25.6. The number of nitrogens with zero attached hydrogens (tertiary/aromatic N) is 1. The van der Waals surface area contributed by atoms with Crippen molar-refractivity contribution in [2.24, 2.45) is 0 Å². The van der Waals surface area contributed by atoms with Crippen molar-refractivity contribution in [2.75, 3.05) is 13.2 Å². The summed E-state index contributed by atoms with van der Waals surface area (Å²) in [6.07, 6.45) is 0.467. The minimum Gasteiger partial charge on any atom is -0.492 e. The lowest BCUT2D eigenvalue weighted by Crippen LogP contribution is -2.31. The number of benzene rings is 2. The molecule has 1 aliphatic rings. The van der Waals surface area contributed by atoms with Crippen molar-refractivity contribution < 1.29 is 18.7 Å². The summed E-state index contributed by atoms with van der Waals surface area (Å²) in [5, 5.41) is 0. The van der Waals surface area contributed by atoms with Gasteiger partial charge in [-0.3, -0.25) is 14.5 Å². The second kappa shape index (κ2) is 6.50. The van der Waals surface area contributed by atoms with Crippen LogP contribution in [0.25, 0.3) is 0 Å². The van der Waals surface area contributed by atoms with Crippen molar-refractivity contribution in [1.29, 1.82) is 0 Å². The van der Waals surface area contributed by atoms with Crippen LogP contribution in [-0.2, 0) is 0 Å². The molecule has 0 aromatic heterocycles. The Hall–Kier alpha value is -2.21. The van der Waals surface area contributed by atoms with Gasteiger partial charge in [-0.15, -0.1) is 0 Å². The van der Waals surface area contributed by atoms with Crippen molar-refractivity contribution in [3.63, 3.8) is 0 Å². The third-order valence-corrected chi connectivity index (χ3v) is 4.35. The lowest BCUT2D eigenvalue weighted by Gasteiger charge is -2.14. The molecule has 0 atom stereocenters. The summed E-state index contributed by atoms with van der Waals surface area (Å²) in [6, 6.07) is 11.3. The number of hydrogen-bond donors (Lipinski definition) is 0. The normalized spacial score (nSPS) is 13.4. The summed E-state index contributed by atoms with van der Waals surface area (Å²) < 4.78 is 19.1. The zero-order valence-corrected chi connectivity index (χ0v) is 13.7. The van der Waals surface area contributed by atoms with Gasteiger partial charge >= 0.3 is 0 Å². The van der Waals surface area contributed by atoms with Gasteiger partial charge in [-0.2, -0.15) is 0 Å². The predicted octanol–water partition coefficient (Wildman–Crippen LogP) is 3.65. The third kappa shape index (κ3) is 2.99. The molecule has 0 saturated carbocycles. The Morgan fingerprint density at radius 3 is 2.30 bits per heavy atom. The molecular weight excluding hydrogens is 365 g/mol. The maximum absolute atomic E-state index is 13.4. The maximum atomic E-state index is 13.4. The Kier molecular flexibility index (Phi) is 4.43. The first-order valence-electron chi connectivity index (χ1n) is 7.11. The van der Waals surface area contributed by atoms with Crippen molar-refractivity contribution in [2.45, 2.75) is 6.42 Å². The number of carbonyl (C=O) groups excluding carboxylic acids is 2. The maximum Gasteiger partial charge on any atom is 0.261 e. The molecule has 2 aromatic rings. The lowest BCUT2D eigenvalue weighted by atomic mass is 10.1. The summed E-state index contributed by atoms with van der Waals surface area (Å²) >= 11 is 3.12. The number of imide groups is 1. The zero-order chi connectivity index (χ0) is 16.4. The average molecular weight is 378 g/mol. The highest BCUT2D eigenvalue weighted by molar-refractivity contribution is 9.10. The number of hydrogen-bond acceptors (Lipinski definition) is 3. The molecule has 6 heteroatoms. The molecular formula is C17H13BrFNO3. The number of carbonyl (C=O) groups is 2. The van der Waals surface area contributed by atoms with Gasteiger partial charge in [0.15, 0.2) is 0 Å². The smallest absolute Gasteiger partial charge is 0.261 e. The summed E-state index contributed by atoms with van der Waals surface area (Å²) in [5.41, 5.74) is 0.873. The molecule has 2 aromatic carbocycles. The largest absolute Gasteiger partial charge is 0.492 e. The minimum atomic E-state index is -0.400. The van der Waals surface area contributed by atoms with Crippen LogP contribution in [0.15, 0.2) is 46.9 Å². The molecule has 0 bridgehead atoms. The monoisotopic (exact) mass is 377 g/mol. The molecule has 0 aliphatic carbocycles. The number of amides is 2. The van der Waals surface area contributed by atoms with E-state index in [2.05, 4.69) is 15.9 Å². The molecule has 23 heavy (non-hydrogen) atoms. The average Bonchev–Trinajstić information content (AvgIpc) is 2.80. The van der Waals surface area contributed by atoms with Crippen LogP contribution >= 0.6 is 15.9 Å². The van der Waals surface area contributed by atoms with Crippen molar-refractivity contribution >= 4 is 27.7 Å². The highest BCUT2D eigenvalue weighted by Gasteiger charge is 2.34. The lowest BCUT2D eigenvalue weighted by molar-refractivity contribution is 0.0646. The van der Waals surface area contributed by atoms with Crippen LogP contribution in [0.2, 0.25) is 0 Å². The minimum absolute atomic E-state index is 0.263. The van der Waals surface area contributed by atoms with Gasteiger partial charge in [-0.1, -0.05) is 18.2 Å². The van der Waals surface area contributed by atoms with Crippen molar-refractivity contribution in [3.05, 3.63) is 63.9 Å². The molecule has 1 heterocycles. The van der Waals surface area contributed by atoms with Crippen LogP contribution in [0.3, 0.4) is 0 Å². The Balaban J connectivity index is 1.57. The Morgan fingerprint density at radius 2 is 1.65 bits per heavy atom. The fourth-order valence-electron chi connectivity index (χ4n) is 2.44. The van der Waals surface area contributed by atoms with E-state index in [9.17, 15) is 14.0 Å². The second-order valence-electron chi connectivity index (χ2n) is 5.06. The van der Waals surface area contributed by atoms with Crippen LogP contribution in [0, 0.1) is 5.82 Å². The quantitative estimate of drug-likeness (QED) is 0.590. The fraction of sp³-hybridized carbons (Fsp3) is 0.176. The van der Waals surface area contributed by atoms with Gasteiger partial charge in [0, 0.05) is 6.54 Å². The van der Waals surface area contributed by atoms with E-state index in [0.29, 0.717) is 23.3 Å². The summed E-state index contributed by atoms with van der Waals surface area (Å²) in [5.74, 6) is -0.565. The van der Waals surface area contributed by atoms with Crippen LogP contribution < -0.4 is 4.74 Å². The first kappa shape index (κ1) is 15.7. The third-order valence-electron chi connectivity index (χ3n) is 3.58. The van der Waals surface area contributed by atoms with Crippen LogP contribution in [0.4, 0.5) is 4.39 Å². The highest BCUT2D eigenvalue weighted by atomic mass is 79.9. The predicted molar refractivity (Wildman–Crippen MR) is 86.0 cm³/mol. The zero-order valence-electron chi connectivity index (χ0n) is 12.1. The van der Waals surface area contributed by atoms with Gasteiger partial charge in [0.1, 0.15) is 11.6 Å². The van der Waals surface area contributed by atoms with E-state index < -0.39 is 5.82 Å². The van der Waals surface area contributed by atoms with E-state index >= 15 is 0 Å². The van der Waals surface area contributed by atoms with E-state index in [1.807, 2.05) is 0 Å². The van der Waals surface area contributed by atoms with Crippen molar-refractivity contribution in [1.82, 2.24) is 4.90 Å². The Bertz CT molecular complexity index is 743. The molecule has 3 rings (SSSR count). The molecule has 1 aliphatic heterocycles. The van der Waals surface area contributed by atoms with Crippen LogP contribution in [0.1, 0.15) is 27.1 Å². The first-order chi connectivity index (χ1) is 11.1. The molecule has 2 amide bonds. The van der Waals surface area contributed by atoms with Gasteiger partial charge in [0.25, 0.3) is 11.8 Å². The van der Waals surface area contributed by atoms with Gasteiger partial charge in [-0.25, -0.2) is 4.39 Å². The highest BCUT2D eigenvalue weighted by Crippen LogP contribution is 2.27. The number of ether oxygens (including phenoxy) is 1. The number of rotatable bonds is 5. The van der Waals surface area contributed by atoms with E-state index in [-0.39, 0.29) is 29.4 Å². The van der Waals surface area contributed by atoms with Gasteiger partial charge in [0.05, 0.1) is 22.2 Å². The van der Waals surface area contributed by atoms with E-state index in [1.54, 1.807) is 36.4 Å². The topological polar surface area (TPSA) is 46.6 Å². The molecule has 0 N–H and O–H groups in total.